The average molecular weight is 332 g/mol. The van der Waals surface area contributed by atoms with Crippen LogP contribution in [0.4, 0.5) is 0 Å². The number of carbonyl (C=O) groups excluding carboxylic acids is 1. The maximum Gasteiger partial charge on any atom is 0.252 e. The second-order valence-electron chi connectivity index (χ2n) is 4.48. The summed E-state index contributed by atoms with van der Waals surface area (Å²) in [6, 6.07) is 5.67. The first kappa shape index (κ1) is 13.8. The van der Waals surface area contributed by atoms with E-state index < -0.39 is 0 Å². The van der Waals surface area contributed by atoms with Crippen molar-refractivity contribution in [3.8, 4) is 0 Å². The summed E-state index contributed by atoms with van der Waals surface area (Å²) >= 11 is 9.36. The van der Waals surface area contributed by atoms with Crippen LogP contribution in [-0.2, 0) is 0 Å². The highest BCUT2D eigenvalue weighted by Crippen LogP contribution is 2.20. The van der Waals surface area contributed by atoms with E-state index in [4.69, 9.17) is 11.6 Å². The maximum atomic E-state index is 12.0. The summed E-state index contributed by atoms with van der Waals surface area (Å²) in [6.07, 6.45) is 3.57. The van der Waals surface area contributed by atoms with Gasteiger partial charge in [0.25, 0.3) is 5.91 Å². The lowest BCUT2D eigenvalue weighted by Gasteiger charge is -2.23. The van der Waals surface area contributed by atoms with Gasteiger partial charge in [-0.25, -0.2) is 0 Å². The molecule has 1 fully saturated rings. The van der Waals surface area contributed by atoms with Crippen molar-refractivity contribution in [2.45, 2.75) is 25.3 Å². The highest BCUT2D eigenvalue weighted by molar-refractivity contribution is 9.10. The molecule has 0 radical (unpaired) electrons. The first-order valence-electron chi connectivity index (χ1n) is 6.13. The number of hydrogen-bond acceptors (Lipinski definition) is 2. The van der Waals surface area contributed by atoms with E-state index in [0.717, 1.165) is 17.4 Å². The van der Waals surface area contributed by atoms with Gasteiger partial charge in [-0.15, -0.1) is 0 Å². The van der Waals surface area contributed by atoms with E-state index in [2.05, 4.69) is 26.6 Å². The van der Waals surface area contributed by atoms with Crippen LogP contribution in [-0.4, -0.2) is 25.0 Å². The summed E-state index contributed by atoms with van der Waals surface area (Å²) in [7, 11) is 0. The maximum absolute atomic E-state index is 12.0. The number of piperidine rings is 1. The van der Waals surface area contributed by atoms with Crippen LogP contribution in [0.25, 0.3) is 0 Å². The van der Waals surface area contributed by atoms with Gasteiger partial charge < -0.3 is 10.6 Å². The zero-order valence-electron chi connectivity index (χ0n) is 10.0. The normalized spacial score (nSPS) is 19.6. The third-order valence-corrected chi connectivity index (χ3v) is 3.92. The van der Waals surface area contributed by atoms with Gasteiger partial charge in [-0.3, -0.25) is 4.79 Å². The quantitative estimate of drug-likeness (QED) is 0.894. The third-order valence-electron chi connectivity index (χ3n) is 3.09. The van der Waals surface area contributed by atoms with Gasteiger partial charge in [0.05, 0.1) is 10.6 Å². The van der Waals surface area contributed by atoms with Crippen LogP contribution in [0, 0.1) is 0 Å². The molecule has 1 aliphatic rings. The fourth-order valence-corrected chi connectivity index (χ4v) is 2.65. The monoisotopic (exact) mass is 330 g/mol. The number of benzene rings is 1. The van der Waals surface area contributed by atoms with Crippen molar-refractivity contribution < 1.29 is 4.79 Å². The molecule has 5 heteroatoms. The highest BCUT2D eigenvalue weighted by atomic mass is 79.9. The molecule has 1 unspecified atom stereocenters. The molecule has 0 bridgehead atoms. The molecule has 0 aromatic heterocycles. The molecule has 3 nitrogen and oxygen atoms in total. The Bertz CT molecular complexity index is 433. The number of halogens is 2. The van der Waals surface area contributed by atoms with Crippen molar-refractivity contribution in [3.05, 3.63) is 33.3 Å². The van der Waals surface area contributed by atoms with Gasteiger partial charge in [0, 0.05) is 17.1 Å². The summed E-state index contributed by atoms with van der Waals surface area (Å²) in [4.78, 5) is 12.0. The number of hydrogen-bond donors (Lipinski definition) is 2. The van der Waals surface area contributed by atoms with E-state index in [1.165, 1.54) is 12.8 Å². The lowest BCUT2D eigenvalue weighted by atomic mass is 10.1. The van der Waals surface area contributed by atoms with Gasteiger partial charge in [0.15, 0.2) is 0 Å². The number of carbonyl (C=O) groups is 1. The Hall–Kier alpha value is -0.580. The molecule has 18 heavy (non-hydrogen) atoms. The van der Waals surface area contributed by atoms with E-state index >= 15 is 0 Å². The highest BCUT2D eigenvalue weighted by Gasteiger charge is 2.15. The van der Waals surface area contributed by atoms with Gasteiger partial charge in [-0.05, 0) is 37.6 Å². The lowest BCUT2D eigenvalue weighted by Crippen LogP contribution is -2.43. The standard InChI is InChI=1S/C13H16BrClN2O/c14-9-4-5-12(15)11(7-9)13(18)17-8-10-3-1-2-6-16-10/h4-5,7,10,16H,1-3,6,8H2,(H,17,18). The second-order valence-corrected chi connectivity index (χ2v) is 5.80. The van der Waals surface area contributed by atoms with Crippen molar-refractivity contribution in [3.63, 3.8) is 0 Å². The van der Waals surface area contributed by atoms with Gasteiger partial charge >= 0.3 is 0 Å². The largest absolute Gasteiger partial charge is 0.350 e. The van der Waals surface area contributed by atoms with E-state index in [1.54, 1.807) is 12.1 Å². The summed E-state index contributed by atoms with van der Waals surface area (Å²) in [5.74, 6) is -0.117. The molecule has 0 aliphatic carbocycles. The topological polar surface area (TPSA) is 41.1 Å². The predicted octanol–water partition coefficient (Wildman–Crippen LogP) is 2.97. The van der Waals surface area contributed by atoms with Crippen LogP contribution in [0.1, 0.15) is 29.6 Å². The number of rotatable bonds is 3. The first-order chi connectivity index (χ1) is 8.66. The Balaban J connectivity index is 1.92. The summed E-state index contributed by atoms with van der Waals surface area (Å²) < 4.78 is 0.854. The minimum Gasteiger partial charge on any atom is -0.350 e. The van der Waals surface area contributed by atoms with Gasteiger partial charge in [0.2, 0.25) is 0 Å². The zero-order valence-corrected chi connectivity index (χ0v) is 12.4. The van der Waals surface area contributed by atoms with Crippen molar-refractivity contribution >= 4 is 33.4 Å². The molecule has 0 spiro atoms. The first-order valence-corrected chi connectivity index (χ1v) is 7.30. The molecule has 1 aromatic rings. The molecule has 98 valence electrons. The van der Waals surface area contributed by atoms with E-state index in [-0.39, 0.29) is 5.91 Å². The summed E-state index contributed by atoms with van der Waals surface area (Å²) in [5.41, 5.74) is 0.516. The molecule has 1 heterocycles. The molecule has 2 rings (SSSR count). The van der Waals surface area contributed by atoms with E-state index in [1.807, 2.05) is 6.07 Å². The van der Waals surface area contributed by atoms with Crippen molar-refractivity contribution in [1.82, 2.24) is 10.6 Å². The molecule has 1 saturated heterocycles. The van der Waals surface area contributed by atoms with Crippen molar-refractivity contribution in [2.75, 3.05) is 13.1 Å². The molecule has 1 atom stereocenters. The molecular weight excluding hydrogens is 316 g/mol. The summed E-state index contributed by atoms with van der Waals surface area (Å²) in [6.45, 7) is 1.69. The van der Waals surface area contributed by atoms with Gasteiger partial charge in [-0.1, -0.05) is 34.0 Å². The molecular formula is C13H16BrClN2O. The van der Waals surface area contributed by atoms with Crippen LogP contribution in [0.3, 0.4) is 0 Å². The SMILES string of the molecule is O=C(NCC1CCCCN1)c1cc(Br)ccc1Cl. The van der Waals surface area contributed by atoms with E-state index in [0.29, 0.717) is 23.2 Å². The van der Waals surface area contributed by atoms with Crippen molar-refractivity contribution in [1.29, 1.82) is 0 Å². The fourth-order valence-electron chi connectivity index (χ4n) is 2.08. The number of amides is 1. The summed E-state index contributed by atoms with van der Waals surface area (Å²) in [5, 5.41) is 6.80. The zero-order chi connectivity index (χ0) is 13.0. The van der Waals surface area contributed by atoms with Gasteiger partial charge in [0.1, 0.15) is 0 Å². The van der Waals surface area contributed by atoms with E-state index in [9.17, 15) is 4.79 Å². The lowest BCUT2D eigenvalue weighted by molar-refractivity contribution is 0.0948. The fraction of sp³-hybridized carbons (Fsp3) is 0.462. The molecule has 1 amide bonds. The number of nitrogens with one attached hydrogen (secondary N) is 2. The van der Waals surface area contributed by atoms with Crippen LogP contribution in [0.15, 0.2) is 22.7 Å². The van der Waals surface area contributed by atoms with Crippen LogP contribution < -0.4 is 10.6 Å². The van der Waals surface area contributed by atoms with Crippen molar-refractivity contribution in [2.24, 2.45) is 0 Å². The second kappa shape index (κ2) is 6.55. The smallest absolute Gasteiger partial charge is 0.252 e. The molecule has 2 N–H and O–H groups in total. The Labute approximate surface area is 120 Å². The molecule has 0 saturated carbocycles. The Kier molecular flexibility index (Phi) is 5.03. The van der Waals surface area contributed by atoms with Crippen LogP contribution in [0.2, 0.25) is 5.02 Å². The minimum absolute atomic E-state index is 0.117. The molecule has 1 aromatic carbocycles. The Morgan fingerprint density at radius 2 is 2.33 bits per heavy atom. The third kappa shape index (κ3) is 3.70. The Morgan fingerprint density at radius 1 is 1.50 bits per heavy atom. The van der Waals surface area contributed by atoms with Crippen LogP contribution >= 0.6 is 27.5 Å². The Morgan fingerprint density at radius 3 is 3.06 bits per heavy atom. The molecule has 1 aliphatic heterocycles. The predicted molar refractivity (Wildman–Crippen MR) is 77.1 cm³/mol. The minimum atomic E-state index is -0.117. The van der Waals surface area contributed by atoms with Crippen LogP contribution in [0.5, 0.6) is 0 Å². The van der Waals surface area contributed by atoms with Gasteiger partial charge in [-0.2, -0.15) is 0 Å². The average Bonchev–Trinajstić information content (AvgIpc) is 2.40.